The Kier molecular flexibility index (Phi) is 8.24. The minimum absolute atomic E-state index is 0. The second-order valence-electron chi connectivity index (χ2n) is 6.72. The number of piperazine rings is 3. The number of hydrogen-bond donors (Lipinski definition) is 2. The van der Waals surface area contributed by atoms with E-state index in [0.717, 1.165) is 24.3 Å². The van der Waals surface area contributed by atoms with Crippen molar-refractivity contribution in [2.24, 2.45) is 4.99 Å². The zero-order valence-corrected chi connectivity index (χ0v) is 17.6. The van der Waals surface area contributed by atoms with Gasteiger partial charge >= 0.3 is 0 Å². The number of nitrogens with one attached hydrogen (secondary N) is 2. The first kappa shape index (κ1) is 19.6. The van der Waals surface area contributed by atoms with Crippen LogP contribution in [-0.2, 0) is 0 Å². The fourth-order valence-corrected chi connectivity index (χ4v) is 4.69. The number of thioether (sulfide) groups is 1. The summed E-state index contributed by atoms with van der Waals surface area (Å²) in [7, 11) is 0. The van der Waals surface area contributed by atoms with Crippen molar-refractivity contribution in [1.29, 1.82) is 0 Å². The normalized spacial score (nSPS) is 36.6. The highest BCUT2D eigenvalue weighted by molar-refractivity contribution is 14.0. The molecule has 0 aromatic heterocycles. The van der Waals surface area contributed by atoms with Crippen molar-refractivity contribution in [3.05, 3.63) is 0 Å². The topological polar surface area (TPSA) is 42.9 Å². The van der Waals surface area contributed by atoms with Crippen LogP contribution in [0, 0.1) is 0 Å². The van der Waals surface area contributed by atoms with Crippen LogP contribution in [0.15, 0.2) is 4.99 Å². The van der Waals surface area contributed by atoms with Crippen LogP contribution in [0.5, 0.6) is 0 Å². The van der Waals surface area contributed by atoms with Gasteiger partial charge in [-0.1, -0.05) is 0 Å². The Morgan fingerprint density at radius 1 is 1.22 bits per heavy atom. The summed E-state index contributed by atoms with van der Waals surface area (Å²) in [5.74, 6) is 1.02. The SMILES string of the molecule is CCNC(=NCC1CN2CCN1CC2)NC1CCC(SC)C1.I. The molecule has 0 aromatic rings. The average Bonchev–Trinajstić information content (AvgIpc) is 3.02. The molecule has 4 rings (SSSR count). The summed E-state index contributed by atoms with van der Waals surface area (Å²) in [6.45, 7) is 10.1. The van der Waals surface area contributed by atoms with Gasteiger partial charge in [-0.3, -0.25) is 14.8 Å². The van der Waals surface area contributed by atoms with Crippen LogP contribution in [0.1, 0.15) is 26.2 Å². The molecule has 3 unspecified atom stereocenters. The van der Waals surface area contributed by atoms with Crippen LogP contribution in [0.25, 0.3) is 0 Å². The van der Waals surface area contributed by atoms with Crippen LogP contribution < -0.4 is 10.6 Å². The molecule has 3 aliphatic heterocycles. The number of aliphatic imine (C=N–C) groups is 1. The zero-order chi connectivity index (χ0) is 15.4. The fraction of sp³-hybridized carbons (Fsp3) is 0.938. The summed E-state index contributed by atoms with van der Waals surface area (Å²) in [6, 6.07) is 1.21. The maximum absolute atomic E-state index is 4.89. The van der Waals surface area contributed by atoms with E-state index in [-0.39, 0.29) is 24.0 Å². The molecular formula is C16H32IN5S. The lowest BCUT2D eigenvalue weighted by molar-refractivity contribution is 0.0174. The minimum Gasteiger partial charge on any atom is -0.357 e. The van der Waals surface area contributed by atoms with E-state index in [2.05, 4.69) is 33.6 Å². The quantitative estimate of drug-likeness (QED) is 0.375. The van der Waals surface area contributed by atoms with Gasteiger partial charge in [0.05, 0.1) is 6.54 Å². The molecule has 4 fully saturated rings. The van der Waals surface area contributed by atoms with Gasteiger partial charge in [0.15, 0.2) is 5.96 Å². The van der Waals surface area contributed by atoms with Crippen molar-refractivity contribution in [3.63, 3.8) is 0 Å². The Bertz CT molecular complexity index is 387. The van der Waals surface area contributed by atoms with Gasteiger partial charge in [0, 0.05) is 56.6 Å². The summed E-state index contributed by atoms with van der Waals surface area (Å²) in [6.07, 6.45) is 6.12. The lowest BCUT2D eigenvalue weighted by atomic mass is 10.1. The van der Waals surface area contributed by atoms with Crippen LogP contribution >= 0.6 is 35.7 Å². The lowest BCUT2D eigenvalue weighted by Crippen LogP contribution is -2.62. The maximum atomic E-state index is 4.89. The van der Waals surface area contributed by atoms with Crippen molar-refractivity contribution in [3.8, 4) is 0 Å². The van der Waals surface area contributed by atoms with E-state index in [4.69, 9.17) is 4.99 Å². The van der Waals surface area contributed by atoms with Crippen LogP contribution in [0.4, 0.5) is 0 Å². The van der Waals surface area contributed by atoms with E-state index in [1.807, 2.05) is 11.8 Å². The van der Waals surface area contributed by atoms with Gasteiger partial charge in [0.25, 0.3) is 0 Å². The third-order valence-corrected chi connectivity index (χ3v) is 6.35. The minimum atomic E-state index is 0. The number of nitrogens with zero attached hydrogens (tertiary/aromatic N) is 3. The van der Waals surface area contributed by atoms with E-state index in [1.165, 1.54) is 52.0 Å². The monoisotopic (exact) mass is 453 g/mol. The number of hydrogen-bond acceptors (Lipinski definition) is 4. The molecule has 0 amide bonds. The Morgan fingerprint density at radius 2 is 2.00 bits per heavy atom. The van der Waals surface area contributed by atoms with E-state index in [1.54, 1.807) is 0 Å². The first-order valence-corrected chi connectivity index (χ1v) is 10.1. The van der Waals surface area contributed by atoms with Crippen molar-refractivity contribution >= 4 is 41.7 Å². The number of rotatable bonds is 5. The van der Waals surface area contributed by atoms with E-state index < -0.39 is 0 Å². The Balaban J connectivity index is 0.00000192. The highest BCUT2D eigenvalue weighted by Crippen LogP contribution is 2.28. The number of guanidine groups is 1. The molecule has 1 saturated carbocycles. The molecule has 1 aliphatic carbocycles. The molecule has 3 atom stereocenters. The predicted molar refractivity (Wildman–Crippen MR) is 111 cm³/mol. The van der Waals surface area contributed by atoms with Gasteiger partial charge in [-0.05, 0) is 32.4 Å². The molecule has 0 radical (unpaired) electrons. The van der Waals surface area contributed by atoms with E-state index in [9.17, 15) is 0 Å². The van der Waals surface area contributed by atoms with Crippen molar-refractivity contribution in [2.45, 2.75) is 43.5 Å². The third-order valence-electron chi connectivity index (χ3n) is 5.26. The summed E-state index contributed by atoms with van der Waals surface area (Å²) in [5.41, 5.74) is 0. The summed E-state index contributed by atoms with van der Waals surface area (Å²) >= 11 is 2.01. The standard InChI is InChI=1S/C16H31N5S.HI/c1-3-17-16(19-13-4-5-15(10-13)22-2)18-11-14-12-20-6-8-21(14)9-7-20;/h13-15H,3-12H2,1-2H3,(H2,17,18,19);1H. The molecule has 0 aromatic carbocycles. The highest BCUT2D eigenvalue weighted by atomic mass is 127. The van der Waals surface area contributed by atoms with Gasteiger partial charge in [-0.2, -0.15) is 11.8 Å². The summed E-state index contributed by atoms with van der Waals surface area (Å²) < 4.78 is 0. The van der Waals surface area contributed by atoms with Crippen molar-refractivity contribution < 1.29 is 0 Å². The van der Waals surface area contributed by atoms with Crippen molar-refractivity contribution in [1.82, 2.24) is 20.4 Å². The van der Waals surface area contributed by atoms with Gasteiger partial charge in [0.2, 0.25) is 0 Å². The molecule has 2 N–H and O–H groups in total. The molecular weight excluding hydrogens is 421 g/mol. The smallest absolute Gasteiger partial charge is 0.191 e. The molecule has 4 aliphatic rings. The zero-order valence-electron chi connectivity index (χ0n) is 14.5. The van der Waals surface area contributed by atoms with Crippen LogP contribution in [0.2, 0.25) is 0 Å². The first-order chi connectivity index (χ1) is 10.8. The molecule has 5 nitrogen and oxygen atoms in total. The second-order valence-corrected chi connectivity index (χ2v) is 7.86. The van der Waals surface area contributed by atoms with Gasteiger partial charge < -0.3 is 10.6 Å². The summed E-state index contributed by atoms with van der Waals surface area (Å²) in [5, 5.41) is 7.91. The van der Waals surface area contributed by atoms with E-state index in [0.29, 0.717) is 12.1 Å². The summed E-state index contributed by atoms with van der Waals surface area (Å²) in [4.78, 5) is 10.1. The van der Waals surface area contributed by atoms with Gasteiger partial charge in [-0.25, -0.2) is 0 Å². The fourth-order valence-electron chi connectivity index (χ4n) is 3.89. The lowest BCUT2D eigenvalue weighted by Gasteiger charge is -2.47. The molecule has 7 heteroatoms. The molecule has 134 valence electrons. The largest absolute Gasteiger partial charge is 0.357 e. The van der Waals surface area contributed by atoms with Gasteiger partial charge in [-0.15, -0.1) is 24.0 Å². The van der Waals surface area contributed by atoms with Crippen LogP contribution in [0.3, 0.4) is 0 Å². The second kappa shape index (κ2) is 9.68. The molecule has 2 bridgehead atoms. The number of halogens is 1. The average molecular weight is 453 g/mol. The van der Waals surface area contributed by atoms with Crippen LogP contribution in [-0.4, -0.2) is 85.2 Å². The Hall–Kier alpha value is 0.270. The van der Waals surface area contributed by atoms with E-state index >= 15 is 0 Å². The van der Waals surface area contributed by atoms with Crippen molar-refractivity contribution in [2.75, 3.05) is 52.1 Å². The molecule has 3 heterocycles. The third kappa shape index (κ3) is 5.37. The Labute approximate surface area is 162 Å². The van der Waals surface area contributed by atoms with Gasteiger partial charge in [0.1, 0.15) is 0 Å². The first-order valence-electron chi connectivity index (χ1n) is 8.82. The molecule has 0 spiro atoms. The maximum Gasteiger partial charge on any atom is 0.191 e. The highest BCUT2D eigenvalue weighted by Gasteiger charge is 2.31. The number of fused-ring (bicyclic) bond motifs is 3. The Morgan fingerprint density at radius 3 is 2.57 bits per heavy atom. The molecule has 23 heavy (non-hydrogen) atoms. The molecule has 3 saturated heterocycles. The predicted octanol–water partition coefficient (Wildman–Crippen LogP) is 1.44.